The van der Waals surface area contributed by atoms with E-state index < -0.39 is 0 Å². The Morgan fingerprint density at radius 3 is 1.85 bits per heavy atom. The number of fused-ring (bicyclic) bond motifs is 12. The first-order valence-corrected chi connectivity index (χ1v) is 15.5. The Morgan fingerprint density at radius 2 is 1.04 bits per heavy atom. The van der Waals surface area contributed by atoms with Crippen molar-refractivity contribution in [1.29, 1.82) is 0 Å². The minimum atomic E-state index is 0.530. The van der Waals surface area contributed by atoms with Gasteiger partial charge in [0.25, 0.3) is 0 Å². The highest BCUT2D eigenvalue weighted by atomic mass is 16.4. The van der Waals surface area contributed by atoms with Crippen molar-refractivity contribution in [3.8, 4) is 11.7 Å². The number of nitrogens with zero attached hydrogens (tertiary/aromatic N) is 3. The van der Waals surface area contributed by atoms with Gasteiger partial charge in [-0.15, -0.1) is 0 Å². The third kappa shape index (κ3) is 3.11. The first kappa shape index (κ1) is 24.0. The van der Waals surface area contributed by atoms with E-state index >= 15 is 0 Å². The fourth-order valence-corrected chi connectivity index (χ4v) is 7.52. The summed E-state index contributed by atoms with van der Waals surface area (Å²) >= 11 is 0. The van der Waals surface area contributed by atoms with E-state index in [1.54, 1.807) is 0 Å². The van der Waals surface area contributed by atoms with E-state index in [1.807, 2.05) is 30.3 Å². The van der Waals surface area contributed by atoms with Crippen molar-refractivity contribution >= 4 is 87.4 Å². The van der Waals surface area contributed by atoms with Gasteiger partial charge in [-0.25, -0.2) is 0 Å². The minimum absolute atomic E-state index is 0.530. The van der Waals surface area contributed by atoms with Crippen LogP contribution in [0.5, 0.6) is 0 Å². The average molecular weight is 590 g/mol. The molecule has 4 aromatic heterocycles. The average Bonchev–Trinajstić information content (AvgIpc) is 3.85. The second-order valence-corrected chi connectivity index (χ2v) is 12.0. The summed E-state index contributed by atoms with van der Waals surface area (Å²) in [6.07, 6.45) is 0. The highest BCUT2D eigenvalue weighted by Gasteiger charge is 2.21. The van der Waals surface area contributed by atoms with Gasteiger partial charge in [0.2, 0.25) is 0 Å². The van der Waals surface area contributed by atoms with Crippen molar-refractivity contribution in [2.75, 3.05) is 0 Å². The number of para-hydroxylation sites is 3. The molecule has 5 nitrogen and oxygen atoms in total. The Hall–Kier alpha value is -6.33. The number of aromatic nitrogens is 3. The zero-order chi connectivity index (χ0) is 29.9. The monoisotopic (exact) mass is 589 g/mol. The van der Waals surface area contributed by atoms with Crippen LogP contribution in [0.2, 0.25) is 0 Å². The molecule has 7 aromatic carbocycles. The molecule has 0 atom stereocenters. The molecule has 0 aliphatic carbocycles. The molecule has 11 aromatic rings. The predicted octanol–water partition coefficient (Wildman–Crippen LogP) is 11.1. The van der Waals surface area contributed by atoms with Crippen molar-refractivity contribution in [2.24, 2.45) is 0 Å². The maximum Gasteiger partial charge on any atom is 0.307 e. The lowest BCUT2D eigenvalue weighted by Gasteiger charge is -2.09. The summed E-state index contributed by atoms with van der Waals surface area (Å²) in [6, 6.07) is 49.6. The van der Waals surface area contributed by atoms with Gasteiger partial charge in [-0.2, -0.15) is 4.98 Å². The number of rotatable bonds is 2. The maximum atomic E-state index is 6.64. The quantitative estimate of drug-likeness (QED) is 0.202. The lowest BCUT2D eigenvalue weighted by Crippen LogP contribution is -1.97. The molecule has 0 saturated carbocycles. The minimum Gasteiger partial charge on any atom is -0.456 e. The van der Waals surface area contributed by atoms with Crippen LogP contribution in [-0.2, 0) is 0 Å². The smallest absolute Gasteiger partial charge is 0.307 e. The Balaban J connectivity index is 1.27. The van der Waals surface area contributed by atoms with Gasteiger partial charge < -0.3 is 13.4 Å². The third-order valence-electron chi connectivity index (χ3n) is 9.53. The topological polar surface area (TPSA) is 49.0 Å². The summed E-state index contributed by atoms with van der Waals surface area (Å²) in [4.78, 5) is 5.21. The van der Waals surface area contributed by atoms with Crippen LogP contribution in [0, 0.1) is 0 Å². The lowest BCUT2D eigenvalue weighted by atomic mass is 10.1. The van der Waals surface area contributed by atoms with E-state index in [2.05, 4.69) is 118 Å². The number of oxazole rings is 1. The van der Waals surface area contributed by atoms with Crippen molar-refractivity contribution < 1.29 is 8.83 Å². The van der Waals surface area contributed by atoms with E-state index in [-0.39, 0.29) is 0 Å². The molecule has 214 valence electrons. The fourth-order valence-electron chi connectivity index (χ4n) is 7.52. The van der Waals surface area contributed by atoms with Crippen LogP contribution in [0.1, 0.15) is 0 Å². The molecule has 11 rings (SSSR count). The lowest BCUT2D eigenvalue weighted by molar-refractivity contribution is 0.574. The van der Waals surface area contributed by atoms with Gasteiger partial charge in [0.05, 0.1) is 27.5 Å². The number of benzene rings is 7. The summed E-state index contributed by atoms with van der Waals surface area (Å²) in [5.74, 6) is 0. The van der Waals surface area contributed by atoms with Crippen molar-refractivity contribution in [1.82, 2.24) is 14.1 Å². The van der Waals surface area contributed by atoms with Crippen LogP contribution in [0.15, 0.2) is 148 Å². The second-order valence-electron chi connectivity index (χ2n) is 12.0. The molecule has 0 N–H and O–H groups in total. The summed E-state index contributed by atoms with van der Waals surface area (Å²) in [6.45, 7) is 0. The molecule has 46 heavy (non-hydrogen) atoms. The molecule has 4 heterocycles. The van der Waals surface area contributed by atoms with E-state index in [0.29, 0.717) is 6.01 Å². The van der Waals surface area contributed by atoms with E-state index in [0.717, 1.165) is 60.5 Å². The zero-order valence-electron chi connectivity index (χ0n) is 24.4. The molecule has 0 aliphatic rings. The zero-order valence-corrected chi connectivity index (χ0v) is 24.4. The number of hydrogen-bond donors (Lipinski definition) is 0. The van der Waals surface area contributed by atoms with Gasteiger partial charge in [0.15, 0.2) is 5.58 Å². The molecule has 0 aliphatic heterocycles. The summed E-state index contributed by atoms with van der Waals surface area (Å²) in [7, 11) is 0. The first-order chi connectivity index (χ1) is 22.8. The molecule has 0 radical (unpaired) electrons. The van der Waals surface area contributed by atoms with Gasteiger partial charge in [-0.1, -0.05) is 84.9 Å². The van der Waals surface area contributed by atoms with E-state index in [4.69, 9.17) is 13.8 Å². The molecule has 0 amide bonds. The van der Waals surface area contributed by atoms with Crippen LogP contribution in [-0.4, -0.2) is 14.1 Å². The number of furan rings is 1. The summed E-state index contributed by atoms with van der Waals surface area (Å²) in [5, 5.41) is 9.14. The maximum absolute atomic E-state index is 6.64. The normalized spacial score (nSPS) is 12.3. The van der Waals surface area contributed by atoms with Gasteiger partial charge in [0, 0.05) is 32.6 Å². The van der Waals surface area contributed by atoms with Crippen molar-refractivity contribution in [2.45, 2.75) is 0 Å². The summed E-state index contributed by atoms with van der Waals surface area (Å²) in [5.41, 5.74) is 8.68. The first-order valence-electron chi connectivity index (χ1n) is 15.5. The molecule has 5 heteroatoms. The van der Waals surface area contributed by atoms with E-state index in [9.17, 15) is 0 Å². The SMILES string of the molecule is c1ccc2cc3c(cc2c1)c1ccc(-n2c4ccccc4c4ccccc42)cc1n3-c1nc2c(ccc3oc4ccccc4c32)o1. The van der Waals surface area contributed by atoms with Gasteiger partial charge in [-0.05, 0) is 65.4 Å². The fraction of sp³-hybridized carbons (Fsp3) is 0. The molecule has 0 saturated heterocycles. The van der Waals surface area contributed by atoms with Gasteiger partial charge >= 0.3 is 6.01 Å². The van der Waals surface area contributed by atoms with Crippen LogP contribution in [0.4, 0.5) is 0 Å². The van der Waals surface area contributed by atoms with Crippen LogP contribution < -0.4 is 0 Å². The molecular weight excluding hydrogens is 566 g/mol. The van der Waals surface area contributed by atoms with Crippen LogP contribution >= 0.6 is 0 Å². The second kappa shape index (κ2) is 8.65. The summed E-state index contributed by atoms with van der Waals surface area (Å²) < 4.78 is 17.4. The van der Waals surface area contributed by atoms with Crippen molar-refractivity contribution in [3.05, 3.63) is 140 Å². The Labute approximate surface area is 261 Å². The molecule has 0 bridgehead atoms. The highest BCUT2D eigenvalue weighted by molar-refractivity contribution is 6.17. The molecule has 0 unspecified atom stereocenters. The largest absolute Gasteiger partial charge is 0.456 e. The molecule has 0 spiro atoms. The molecule has 0 fully saturated rings. The van der Waals surface area contributed by atoms with Gasteiger partial charge in [-0.3, -0.25) is 4.57 Å². The van der Waals surface area contributed by atoms with Crippen LogP contribution in [0.3, 0.4) is 0 Å². The predicted molar refractivity (Wildman–Crippen MR) is 187 cm³/mol. The Bertz CT molecular complexity index is 2990. The standard InChI is InChI=1S/C41H23N3O2/c1-2-10-25-22-34-31(21-24(25)9-1)29-18-17-26(43-32-14-6-3-11-27(32)28-12-4-7-15-33(28)43)23-35(29)44(34)41-42-40-38(46-41)20-19-37-39(40)30-13-5-8-16-36(30)45-37/h1-23H. The highest BCUT2D eigenvalue weighted by Crippen LogP contribution is 2.40. The Morgan fingerprint density at radius 1 is 0.413 bits per heavy atom. The Kier molecular flexibility index (Phi) is 4.52. The number of hydrogen-bond acceptors (Lipinski definition) is 3. The van der Waals surface area contributed by atoms with Gasteiger partial charge in [0.1, 0.15) is 16.7 Å². The third-order valence-corrected chi connectivity index (χ3v) is 9.53. The molecular formula is C41H23N3O2. The van der Waals surface area contributed by atoms with E-state index in [1.165, 1.54) is 32.6 Å². The van der Waals surface area contributed by atoms with Crippen molar-refractivity contribution in [3.63, 3.8) is 0 Å². The van der Waals surface area contributed by atoms with Crippen LogP contribution in [0.25, 0.3) is 99.1 Å².